The van der Waals surface area contributed by atoms with Crippen molar-refractivity contribution in [3.63, 3.8) is 0 Å². The van der Waals surface area contributed by atoms with Crippen LogP contribution in [0, 0.1) is 5.92 Å². The first-order valence-corrected chi connectivity index (χ1v) is 6.30. The van der Waals surface area contributed by atoms with Crippen molar-refractivity contribution in [3.8, 4) is 0 Å². The Morgan fingerprint density at radius 2 is 2.00 bits per heavy atom. The van der Waals surface area contributed by atoms with Gasteiger partial charge < -0.3 is 9.64 Å². The Bertz CT molecular complexity index is 340. The van der Waals surface area contributed by atoms with Crippen LogP contribution in [0.1, 0.15) is 27.7 Å². The Kier molecular flexibility index (Phi) is 7.84. The summed E-state index contributed by atoms with van der Waals surface area (Å²) < 4.78 is 4.91. The molecule has 18 heavy (non-hydrogen) atoms. The lowest BCUT2D eigenvalue weighted by Crippen LogP contribution is -2.25. The summed E-state index contributed by atoms with van der Waals surface area (Å²) in [7, 11) is 1.87. The van der Waals surface area contributed by atoms with Crippen molar-refractivity contribution >= 4 is 5.97 Å². The Morgan fingerprint density at radius 3 is 2.44 bits per heavy atom. The van der Waals surface area contributed by atoms with E-state index in [1.54, 1.807) is 0 Å². The molecule has 0 aliphatic heterocycles. The smallest absolute Gasteiger partial charge is 0.325 e. The Labute approximate surface area is 111 Å². The molecule has 3 heteroatoms. The fourth-order valence-electron chi connectivity index (χ4n) is 1.37. The zero-order valence-electron chi connectivity index (χ0n) is 12.2. The lowest BCUT2D eigenvalue weighted by Gasteiger charge is -2.18. The summed E-state index contributed by atoms with van der Waals surface area (Å²) in [5.41, 5.74) is 2.20. The van der Waals surface area contributed by atoms with Gasteiger partial charge in [-0.3, -0.25) is 4.79 Å². The third-order valence-corrected chi connectivity index (χ3v) is 2.69. The molecule has 0 aliphatic rings. The highest BCUT2D eigenvalue weighted by molar-refractivity contribution is 5.71. The Morgan fingerprint density at radius 1 is 1.39 bits per heavy atom. The van der Waals surface area contributed by atoms with E-state index in [1.165, 1.54) is 5.57 Å². The van der Waals surface area contributed by atoms with Crippen molar-refractivity contribution in [2.75, 3.05) is 20.2 Å². The molecular weight excluding hydrogens is 226 g/mol. The maximum absolute atomic E-state index is 11.3. The first kappa shape index (κ1) is 16.5. The number of ether oxygens (including phenoxy) is 1. The second kappa shape index (κ2) is 8.56. The van der Waals surface area contributed by atoms with Gasteiger partial charge in [0, 0.05) is 12.7 Å². The molecule has 0 radical (unpaired) electrons. The first-order valence-electron chi connectivity index (χ1n) is 6.30. The van der Waals surface area contributed by atoms with Crippen LogP contribution in [0.25, 0.3) is 0 Å². The maximum Gasteiger partial charge on any atom is 0.325 e. The molecule has 3 nitrogen and oxygen atoms in total. The number of likely N-dealkylation sites (N-methyl/N-ethyl adjacent to an activating group) is 1. The van der Waals surface area contributed by atoms with Crippen LogP contribution in [-0.2, 0) is 9.53 Å². The highest BCUT2D eigenvalue weighted by atomic mass is 16.5. The Balaban J connectivity index is 4.58. The number of nitrogens with zero attached hydrogens (tertiary/aromatic N) is 1. The van der Waals surface area contributed by atoms with E-state index in [0.29, 0.717) is 12.5 Å². The van der Waals surface area contributed by atoms with Gasteiger partial charge in [0.2, 0.25) is 0 Å². The minimum absolute atomic E-state index is 0.204. The fourth-order valence-corrected chi connectivity index (χ4v) is 1.37. The lowest BCUT2D eigenvalue weighted by atomic mass is 10.0. The highest BCUT2D eigenvalue weighted by Gasteiger charge is 2.06. The van der Waals surface area contributed by atoms with Crippen LogP contribution in [0.5, 0.6) is 0 Å². The van der Waals surface area contributed by atoms with E-state index in [9.17, 15) is 4.79 Å². The molecule has 0 aliphatic carbocycles. The molecule has 0 saturated heterocycles. The minimum atomic E-state index is -0.204. The SMILES string of the molecule is C=C/C(=C\C=C(/C)N(C)CC(=O)OCC)C(C)C. The molecule has 0 amide bonds. The van der Waals surface area contributed by atoms with Crippen LogP contribution >= 0.6 is 0 Å². The van der Waals surface area contributed by atoms with E-state index in [-0.39, 0.29) is 12.5 Å². The van der Waals surface area contributed by atoms with Gasteiger partial charge in [-0.1, -0.05) is 32.6 Å². The maximum atomic E-state index is 11.3. The molecule has 0 aromatic rings. The number of esters is 1. The minimum Gasteiger partial charge on any atom is -0.465 e. The van der Waals surface area contributed by atoms with Gasteiger partial charge in [-0.15, -0.1) is 0 Å². The number of hydrogen-bond acceptors (Lipinski definition) is 3. The monoisotopic (exact) mass is 251 g/mol. The third kappa shape index (κ3) is 6.28. The van der Waals surface area contributed by atoms with Crippen LogP contribution in [0.2, 0.25) is 0 Å². The molecule has 0 saturated carbocycles. The third-order valence-electron chi connectivity index (χ3n) is 2.69. The van der Waals surface area contributed by atoms with Gasteiger partial charge in [0.05, 0.1) is 6.61 Å². The second-order valence-electron chi connectivity index (χ2n) is 4.49. The van der Waals surface area contributed by atoms with E-state index in [0.717, 1.165) is 5.70 Å². The molecule has 0 rings (SSSR count). The van der Waals surface area contributed by atoms with Gasteiger partial charge in [0.15, 0.2) is 0 Å². The van der Waals surface area contributed by atoms with Gasteiger partial charge in [-0.05, 0) is 31.4 Å². The van der Waals surface area contributed by atoms with Crippen LogP contribution in [0.15, 0.2) is 36.1 Å². The van der Waals surface area contributed by atoms with Crippen LogP contribution < -0.4 is 0 Å². The summed E-state index contributed by atoms with van der Waals surface area (Å²) in [6, 6.07) is 0. The van der Waals surface area contributed by atoms with E-state index in [2.05, 4.69) is 20.4 Å². The number of carbonyl (C=O) groups is 1. The molecule has 0 aromatic carbocycles. The van der Waals surface area contributed by atoms with Gasteiger partial charge in [0.1, 0.15) is 6.54 Å². The van der Waals surface area contributed by atoms with Gasteiger partial charge in [0.25, 0.3) is 0 Å². The summed E-state index contributed by atoms with van der Waals surface area (Å²) in [6.45, 7) is 12.5. The van der Waals surface area contributed by atoms with Crippen molar-refractivity contribution < 1.29 is 9.53 Å². The van der Waals surface area contributed by atoms with Crippen LogP contribution in [0.3, 0.4) is 0 Å². The highest BCUT2D eigenvalue weighted by Crippen LogP contribution is 2.11. The molecule has 0 atom stereocenters. The topological polar surface area (TPSA) is 29.5 Å². The molecule has 102 valence electrons. The van der Waals surface area contributed by atoms with Crippen LogP contribution in [-0.4, -0.2) is 31.1 Å². The molecule has 0 heterocycles. The summed E-state index contributed by atoms with van der Waals surface area (Å²) in [5, 5.41) is 0. The summed E-state index contributed by atoms with van der Waals surface area (Å²) in [5.74, 6) is 0.242. The predicted molar refractivity (Wildman–Crippen MR) is 76.1 cm³/mol. The van der Waals surface area contributed by atoms with Crippen molar-refractivity contribution in [2.24, 2.45) is 5.92 Å². The largest absolute Gasteiger partial charge is 0.465 e. The lowest BCUT2D eigenvalue weighted by molar-refractivity contribution is -0.143. The molecule has 0 aromatic heterocycles. The van der Waals surface area contributed by atoms with Gasteiger partial charge in [-0.2, -0.15) is 0 Å². The standard InChI is InChI=1S/C15H25NO2/c1-7-14(12(3)4)10-9-13(5)16(6)11-15(17)18-8-2/h7,9-10,12H,1,8,11H2,2-6H3/b13-9+,14-10+. The van der Waals surface area contributed by atoms with Crippen molar-refractivity contribution in [3.05, 3.63) is 36.1 Å². The number of carbonyl (C=O) groups excluding carboxylic acids is 1. The Hall–Kier alpha value is -1.51. The summed E-state index contributed by atoms with van der Waals surface area (Å²) in [6.07, 6.45) is 5.89. The van der Waals surface area contributed by atoms with Gasteiger partial charge in [-0.25, -0.2) is 0 Å². The van der Waals surface area contributed by atoms with E-state index in [1.807, 2.05) is 44.0 Å². The van der Waals surface area contributed by atoms with Crippen LogP contribution in [0.4, 0.5) is 0 Å². The van der Waals surface area contributed by atoms with Crippen molar-refractivity contribution in [1.82, 2.24) is 4.90 Å². The summed E-state index contributed by atoms with van der Waals surface area (Å²) in [4.78, 5) is 13.2. The van der Waals surface area contributed by atoms with Crippen molar-refractivity contribution in [2.45, 2.75) is 27.7 Å². The predicted octanol–water partition coefficient (Wildman–Crippen LogP) is 3.15. The first-order chi connectivity index (χ1) is 8.42. The molecule has 0 spiro atoms. The average Bonchev–Trinajstić information content (AvgIpc) is 2.29. The number of rotatable bonds is 7. The number of hydrogen-bond donors (Lipinski definition) is 0. The summed E-state index contributed by atoms with van der Waals surface area (Å²) >= 11 is 0. The molecule has 0 unspecified atom stereocenters. The average molecular weight is 251 g/mol. The number of allylic oxidation sites excluding steroid dienone is 5. The molecular formula is C15H25NO2. The molecule has 0 bridgehead atoms. The quantitative estimate of drug-likeness (QED) is 0.514. The zero-order valence-corrected chi connectivity index (χ0v) is 12.2. The zero-order chi connectivity index (χ0) is 14.1. The molecule has 0 fully saturated rings. The van der Waals surface area contributed by atoms with E-state index >= 15 is 0 Å². The normalized spacial score (nSPS) is 12.6. The molecule has 0 N–H and O–H groups in total. The second-order valence-corrected chi connectivity index (χ2v) is 4.49. The fraction of sp³-hybridized carbons (Fsp3) is 0.533. The van der Waals surface area contributed by atoms with E-state index < -0.39 is 0 Å². The van der Waals surface area contributed by atoms with Gasteiger partial charge >= 0.3 is 5.97 Å². The van der Waals surface area contributed by atoms with Crippen molar-refractivity contribution in [1.29, 1.82) is 0 Å². The van der Waals surface area contributed by atoms with E-state index in [4.69, 9.17) is 4.74 Å².